The minimum Gasteiger partial charge on any atom is -0.489 e. The molecule has 0 unspecified atom stereocenters. The monoisotopic (exact) mass is 302 g/mol. The molecular weight excluding hydrogens is 272 g/mol. The molecule has 2 rings (SSSR count). The first-order valence-corrected chi connectivity index (χ1v) is 8.08. The molecule has 22 heavy (non-hydrogen) atoms. The maximum absolute atomic E-state index is 9.26. The number of aliphatic hydroxyl groups excluding tert-OH is 1. The Bertz CT molecular complexity index is 492. The third kappa shape index (κ3) is 7.84. The lowest BCUT2D eigenvalue weighted by molar-refractivity contribution is 0.259. The fourth-order valence-corrected chi connectivity index (χ4v) is 1.71. The highest BCUT2D eigenvalue weighted by atomic mass is 16.5. The van der Waals surface area contributed by atoms with Crippen LogP contribution < -0.4 is 4.74 Å². The van der Waals surface area contributed by atoms with E-state index in [1.54, 1.807) is 0 Å². The molecule has 0 aromatic heterocycles. The zero-order valence-corrected chi connectivity index (χ0v) is 14.6. The van der Waals surface area contributed by atoms with Crippen LogP contribution in [-0.2, 0) is 13.2 Å². The molecule has 0 aliphatic rings. The first kappa shape index (κ1) is 20.2. The van der Waals surface area contributed by atoms with E-state index in [-0.39, 0.29) is 6.61 Å². The lowest BCUT2D eigenvalue weighted by atomic mass is 10.1. The first-order valence-electron chi connectivity index (χ1n) is 8.08. The van der Waals surface area contributed by atoms with Crippen molar-refractivity contribution in [2.75, 3.05) is 0 Å². The highest BCUT2D eigenvalue weighted by Crippen LogP contribution is 2.21. The predicted octanol–water partition coefficient (Wildman–Crippen LogP) is 5.51. The summed E-state index contributed by atoms with van der Waals surface area (Å²) in [6.07, 6.45) is 1.25. The lowest BCUT2D eigenvalue weighted by Crippen LogP contribution is -1.98. The fraction of sp³-hybridized carbons (Fsp3) is 0.400. The van der Waals surface area contributed by atoms with E-state index in [0.717, 1.165) is 22.4 Å². The summed E-state index contributed by atoms with van der Waals surface area (Å²) in [5, 5.41) is 9.26. The molecule has 2 aromatic rings. The van der Waals surface area contributed by atoms with Crippen molar-refractivity contribution in [3.8, 4) is 5.75 Å². The third-order valence-corrected chi connectivity index (χ3v) is 2.62. The highest BCUT2D eigenvalue weighted by Gasteiger charge is 2.03. The number of rotatable bonds is 4. The largest absolute Gasteiger partial charge is 0.489 e. The van der Waals surface area contributed by atoms with Crippen LogP contribution in [0.15, 0.2) is 48.5 Å². The van der Waals surface area contributed by atoms with Gasteiger partial charge in [0, 0.05) is 5.56 Å². The normalized spacial score (nSPS) is 9.00. The molecule has 2 heteroatoms. The predicted molar refractivity (Wildman–Crippen MR) is 95.2 cm³/mol. The molecule has 0 atom stereocenters. The zero-order valence-electron chi connectivity index (χ0n) is 14.6. The van der Waals surface area contributed by atoms with Crippen molar-refractivity contribution in [1.82, 2.24) is 0 Å². The van der Waals surface area contributed by atoms with Crippen molar-refractivity contribution in [3.05, 3.63) is 65.2 Å². The number of aliphatic hydroxyl groups is 1. The van der Waals surface area contributed by atoms with E-state index in [2.05, 4.69) is 13.8 Å². The number of hydrogen-bond acceptors (Lipinski definition) is 2. The lowest BCUT2D eigenvalue weighted by Gasteiger charge is -2.10. The van der Waals surface area contributed by atoms with Gasteiger partial charge in [-0.05, 0) is 18.6 Å². The highest BCUT2D eigenvalue weighted by molar-refractivity contribution is 5.36. The number of aryl methyl sites for hydroxylation is 1. The van der Waals surface area contributed by atoms with E-state index in [1.807, 2.05) is 69.3 Å². The average molecular weight is 302 g/mol. The van der Waals surface area contributed by atoms with Gasteiger partial charge in [0.1, 0.15) is 12.4 Å². The molecule has 0 aliphatic carbocycles. The summed E-state index contributed by atoms with van der Waals surface area (Å²) in [4.78, 5) is 0. The van der Waals surface area contributed by atoms with Crippen molar-refractivity contribution in [2.45, 2.75) is 54.3 Å². The second kappa shape index (κ2) is 12.9. The van der Waals surface area contributed by atoms with Gasteiger partial charge in [-0.1, -0.05) is 82.1 Å². The molecule has 0 radical (unpaired) electrons. The van der Waals surface area contributed by atoms with Gasteiger partial charge < -0.3 is 9.84 Å². The van der Waals surface area contributed by atoms with Gasteiger partial charge in [0.2, 0.25) is 0 Å². The van der Waals surface area contributed by atoms with Crippen LogP contribution >= 0.6 is 0 Å². The molecule has 1 N–H and O–H groups in total. The van der Waals surface area contributed by atoms with Crippen molar-refractivity contribution < 1.29 is 9.84 Å². The summed E-state index contributed by atoms with van der Waals surface area (Å²) in [5.74, 6) is 0.752. The summed E-state index contributed by atoms with van der Waals surface area (Å²) in [6.45, 7) is 10.8. The Kier molecular flexibility index (Phi) is 11.8. The van der Waals surface area contributed by atoms with Gasteiger partial charge in [0.15, 0.2) is 0 Å². The van der Waals surface area contributed by atoms with Crippen LogP contribution in [0.4, 0.5) is 0 Å². The van der Waals surface area contributed by atoms with Crippen LogP contribution in [0.2, 0.25) is 0 Å². The van der Waals surface area contributed by atoms with Gasteiger partial charge in [-0.2, -0.15) is 0 Å². The Morgan fingerprint density at radius 2 is 1.55 bits per heavy atom. The van der Waals surface area contributed by atoms with Gasteiger partial charge in [0.05, 0.1) is 6.61 Å². The maximum Gasteiger partial charge on any atom is 0.125 e. The standard InChI is InChI=1S/C15H16O2.C3H8.C2H6/c1-12-7-8-15(14(9-12)10-16)17-11-13-5-3-2-4-6-13;1-3-2;1-2/h2-9,16H,10-11H2,1H3;3H2,1-2H3;1-2H3. The van der Waals surface area contributed by atoms with Crippen molar-refractivity contribution in [3.63, 3.8) is 0 Å². The maximum atomic E-state index is 9.26. The fourth-order valence-electron chi connectivity index (χ4n) is 1.71. The van der Waals surface area contributed by atoms with E-state index >= 15 is 0 Å². The van der Waals surface area contributed by atoms with Crippen LogP contribution in [0.25, 0.3) is 0 Å². The van der Waals surface area contributed by atoms with Gasteiger partial charge in [-0.15, -0.1) is 0 Å². The smallest absolute Gasteiger partial charge is 0.125 e. The summed E-state index contributed by atoms with van der Waals surface area (Å²) in [6, 6.07) is 15.8. The van der Waals surface area contributed by atoms with E-state index in [1.165, 1.54) is 6.42 Å². The summed E-state index contributed by atoms with van der Waals surface area (Å²) < 4.78 is 5.71. The van der Waals surface area contributed by atoms with E-state index in [4.69, 9.17) is 4.74 Å². The van der Waals surface area contributed by atoms with Crippen LogP contribution in [-0.4, -0.2) is 5.11 Å². The van der Waals surface area contributed by atoms with Gasteiger partial charge >= 0.3 is 0 Å². The summed E-state index contributed by atoms with van der Waals surface area (Å²) in [7, 11) is 0. The molecular formula is C20H30O2. The molecule has 0 saturated carbocycles. The van der Waals surface area contributed by atoms with Crippen LogP contribution in [0, 0.1) is 6.92 Å². The first-order chi connectivity index (χ1) is 10.7. The van der Waals surface area contributed by atoms with Gasteiger partial charge in [-0.3, -0.25) is 0 Å². The van der Waals surface area contributed by atoms with Crippen molar-refractivity contribution >= 4 is 0 Å². The Morgan fingerprint density at radius 1 is 0.955 bits per heavy atom. The van der Waals surface area contributed by atoms with Crippen LogP contribution in [0.3, 0.4) is 0 Å². The average Bonchev–Trinajstić information content (AvgIpc) is 2.57. The Labute approximate surface area is 135 Å². The molecule has 0 amide bonds. The second-order valence-corrected chi connectivity index (χ2v) is 4.75. The SMILES string of the molecule is CC.CCC.Cc1ccc(OCc2ccccc2)c(CO)c1. The molecule has 2 nitrogen and oxygen atoms in total. The number of ether oxygens (including phenoxy) is 1. The molecule has 0 heterocycles. The molecule has 0 fully saturated rings. The Morgan fingerprint density at radius 3 is 2.09 bits per heavy atom. The minimum absolute atomic E-state index is 0.00576. The quantitative estimate of drug-likeness (QED) is 0.807. The Balaban J connectivity index is 0.000000789. The van der Waals surface area contributed by atoms with Crippen molar-refractivity contribution in [2.24, 2.45) is 0 Å². The molecule has 122 valence electrons. The molecule has 0 bridgehead atoms. The Hall–Kier alpha value is -1.80. The van der Waals surface area contributed by atoms with E-state index in [9.17, 15) is 5.11 Å². The van der Waals surface area contributed by atoms with Gasteiger partial charge in [-0.25, -0.2) is 0 Å². The van der Waals surface area contributed by atoms with E-state index in [0.29, 0.717) is 6.61 Å². The molecule has 0 spiro atoms. The molecule has 0 saturated heterocycles. The van der Waals surface area contributed by atoms with E-state index < -0.39 is 0 Å². The minimum atomic E-state index is 0.00576. The summed E-state index contributed by atoms with van der Waals surface area (Å²) >= 11 is 0. The van der Waals surface area contributed by atoms with Gasteiger partial charge in [0.25, 0.3) is 0 Å². The third-order valence-electron chi connectivity index (χ3n) is 2.62. The molecule has 2 aromatic carbocycles. The zero-order chi connectivity index (χ0) is 16.8. The summed E-state index contributed by atoms with van der Waals surface area (Å²) in [5.41, 5.74) is 3.08. The van der Waals surface area contributed by atoms with Crippen LogP contribution in [0.5, 0.6) is 5.75 Å². The van der Waals surface area contributed by atoms with Crippen LogP contribution in [0.1, 0.15) is 50.8 Å². The number of hydrogen-bond donors (Lipinski definition) is 1. The number of benzene rings is 2. The molecule has 0 aliphatic heterocycles. The topological polar surface area (TPSA) is 29.5 Å². The van der Waals surface area contributed by atoms with Crippen molar-refractivity contribution in [1.29, 1.82) is 0 Å². The second-order valence-electron chi connectivity index (χ2n) is 4.75.